The molecule has 0 aliphatic carbocycles. The Kier molecular flexibility index (Phi) is 3.69. The van der Waals surface area contributed by atoms with Gasteiger partial charge in [0, 0.05) is 7.11 Å². The van der Waals surface area contributed by atoms with Crippen LogP contribution in [-0.2, 0) is 14.3 Å². The minimum Gasteiger partial charge on any atom is -0.468 e. The molecule has 4 nitrogen and oxygen atoms in total. The molecule has 13 heavy (non-hydrogen) atoms. The molecule has 0 aromatic heterocycles. The van der Waals surface area contributed by atoms with Gasteiger partial charge < -0.3 is 9.47 Å². The van der Waals surface area contributed by atoms with E-state index < -0.39 is 5.54 Å². The molecule has 4 heteroatoms. The molecule has 76 valence electrons. The molecular formula is C9H17NO3. The van der Waals surface area contributed by atoms with Crippen LogP contribution in [-0.4, -0.2) is 38.9 Å². The molecule has 1 aliphatic rings. The summed E-state index contributed by atoms with van der Waals surface area (Å²) in [6.07, 6.45) is 2.96. The highest BCUT2D eigenvalue weighted by Gasteiger charge is 2.40. The lowest BCUT2D eigenvalue weighted by molar-refractivity contribution is -0.152. The van der Waals surface area contributed by atoms with Crippen LogP contribution in [0.1, 0.15) is 19.3 Å². The second kappa shape index (κ2) is 4.58. The molecule has 0 saturated carbocycles. The lowest BCUT2D eigenvalue weighted by Crippen LogP contribution is -2.58. The summed E-state index contributed by atoms with van der Waals surface area (Å²) in [5, 5.41) is 3.18. The Hall–Kier alpha value is -0.610. The third-order valence-corrected chi connectivity index (χ3v) is 2.46. The SMILES string of the molecule is COC[C@]1(C(=O)OC)CCCCN1. The van der Waals surface area contributed by atoms with Gasteiger partial charge in [-0.15, -0.1) is 0 Å². The maximum Gasteiger partial charge on any atom is 0.328 e. The average Bonchev–Trinajstić information content (AvgIpc) is 2.18. The van der Waals surface area contributed by atoms with Crippen LogP contribution in [0.2, 0.25) is 0 Å². The van der Waals surface area contributed by atoms with Gasteiger partial charge in [-0.2, -0.15) is 0 Å². The lowest BCUT2D eigenvalue weighted by atomic mass is 9.90. The minimum atomic E-state index is -0.595. The smallest absolute Gasteiger partial charge is 0.328 e. The van der Waals surface area contributed by atoms with Crippen LogP contribution in [0, 0.1) is 0 Å². The second-order valence-electron chi connectivity index (χ2n) is 3.39. The van der Waals surface area contributed by atoms with Crippen LogP contribution < -0.4 is 5.32 Å². The zero-order valence-corrected chi connectivity index (χ0v) is 8.26. The molecule has 1 heterocycles. The van der Waals surface area contributed by atoms with Crippen LogP contribution in [0.5, 0.6) is 0 Å². The van der Waals surface area contributed by atoms with Gasteiger partial charge in [-0.1, -0.05) is 0 Å². The van der Waals surface area contributed by atoms with Crippen molar-refractivity contribution < 1.29 is 14.3 Å². The van der Waals surface area contributed by atoms with Gasteiger partial charge in [-0.05, 0) is 25.8 Å². The third-order valence-electron chi connectivity index (χ3n) is 2.46. The van der Waals surface area contributed by atoms with Crippen molar-refractivity contribution in [3.05, 3.63) is 0 Å². The molecule has 0 aromatic rings. The zero-order valence-electron chi connectivity index (χ0n) is 8.26. The van der Waals surface area contributed by atoms with Crippen molar-refractivity contribution in [1.29, 1.82) is 0 Å². The summed E-state index contributed by atoms with van der Waals surface area (Å²) in [5.41, 5.74) is -0.595. The number of nitrogens with one attached hydrogen (secondary N) is 1. The summed E-state index contributed by atoms with van der Waals surface area (Å²) in [5.74, 6) is -0.214. The first-order valence-electron chi connectivity index (χ1n) is 4.57. The van der Waals surface area contributed by atoms with E-state index in [1.165, 1.54) is 7.11 Å². The van der Waals surface area contributed by atoms with Gasteiger partial charge in [0.25, 0.3) is 0 Å². The second-order valence-corrected chi connectivity index (χ2v) is 3.39. The lowest BCUT2D eigenvalue weighted by Gasteiger charge is -2.34. The number of rotatable bonds is 3. The molecule has 0 spiro atoms. The molecule has 0 unspecified atom stereocenters. The fourth-order valence-electron chi connectivity index (χ4n) is 1.77. The first kappa shape index (κ1) is 10.5. The fourth-order valence-corrected chi connectivity index (χ4v) is 1.77. The summed E-state index contributed by atoms with van der Waals surface area (Å²) in [6, 6.07) is 0. The van der Waals surface area contributed by atoms with Crippen LogP contribution >= 0.6 is 0 Å². The van der Waals surface area contributed by atoms with Crippen LogP contribution in [0.15, 0.2) is 0 Å². The number of piperidine rings is 1. The van der Waals surface area contributed by atoms with E-state index in [9.17, 15) is 4.79 Å². The molecular weight excluding hydrogens is 170 g/mol. The maximum atomic E-state index is 11.5. The van der Waals surface area contributed by atoms with Crippen LogP contribution in [0.25, 0.3) is 0 Å². The van der Waals surface area contributed by atoms with Crippen molar-refractivity contribution in [2.75, 3.05) is 27.4 Å². The summed E-state index contributed by atoms with van der Waals surface area (Å²) < 4.78 is 9.81. The minimum absolute atomic E-state index is 0.214. The number of esters is 1. The van der Waals surface area contributed by atoms with Gasteiger partial charge in [0.05, 0.1) is 13.7 Å². The predicted octanol–water partition coefficient (Wildman–Crippen LogP) is 0.318. The van der Waals surface area contributed by atoms with Gasteiger partial charge in [0.15, 0.2) is 0 Å². The Morgan fingerprint density at radius 2 is 2.23 bits per heavy atom. The van der Waals surface area contributed by atoms with Gasteiger partial charge in [0.2, 0.25) is 0 Å². The van der Waals surface area contributed by atoms with E-state index in [0.717, 1.165) is 25.8 Å². The van der Waals surface area contributed by atoms with Gasteiger partial charge in [-0.25, -0.2) is 4.79 Å². The van der Waals surface area contributed by atoms with Gasteiger partial charge >= 0.3 is 5.97 Å². The van der Waals surface area contributed by atoms with Crippen molar-refractivity contribution in [1.82, 2.24) is 5.32 Å². The molecule has 0 bridgehead atoms. The summed E-state index contributed by atoms with van der Waals surface area (Å²) >= 11 is 0. The summed E-state index contributed by atoms with van der Waals surface area (Å²) in [7, 11) is 3.01. The van der Waals surface area contributed by atoms with E-state index in [4.69, 9.17) is 9.47 Å². The van der Waals surface area contributed by atoms with Crippen molar-refractivity contribution in [3.8, 4) is 0 Å². The molecule has 0 aromatic carbocycles. The highest BCUT2D eigenvalue weighted by Crippen LogP contribution is 2.20. The number of methoxy groups -OCH3 is 2. The van der Waals surface area contributed by atoms with Crippen molar-refractivity contribution in [3.63, 3.8) is 0 Å². The van der Waals surface area contributed by atoms with Crippen molar-refractivity contribution in [2.45, 2.75) is 24.8 Å². The van der Waals surface area contributed by atoms with Crippen LogP contribution in [0.3, 0.4) is 0 Å². The Bertz CT molecular complexity index is 170. The number of carbonyl (C=O) groups excluding carboxylic acids is 1. The molecule has 1 N–H and O–H groups in total. The highest BCUT2D eigenvalue weighted by atomic mass is 16.5. The Balaban J connectivity index is 2.66. The monoisotopic (exact) mass is 187 g/mol. The molecule has 1 saturated heterocycles. The number of hydrogen-bond acceptors (Lipinski definition) is 4. The normalized spacial score (nSPS) is 28.5. The molecule has 0 amide bonds. The molecule has 1 fully saturated rings. The fraction of sp³-hybridized carbons (Fsp3) is 0.889. The Morgan fingerprint density at radius 1 is 1.46 bits per heavy atom. The van der Waals surface area contributed by atoms with Crippen molar-refractivity contribution in [2.24, 2.45) is 0 Å². The largest absolute Gasteiger partial charge is 0.468 e. The Morgan fingerprint density at radius 3 is 2.69 bits per heavy atom. The van der Waals surface area contributed by atoms with Crippen molar-refractivity contribution >= 4 is 5.97 Å². The standard InChI is InChI=1S/C9H17NO3/c1-12-7-9(8(11)13-2)5-3-4-6-10-9/h10H,3-7H2,1-2H3/t9-/m0/s1. The Labute approximate surface area is 78.6 Å². The topological polar surface area (TPSA) is 47.6 Å². The van der Waals surface area contributed by atoms with E-state index in [-0.39, 0.29) is 5.97 Å². The maximum absolute atomic E-state index is 11.5. The quantitative estimate of drug-likeness (QED) is 0.646. The van der Waals surface area contributed by atoms with Gasteiger partial charge in [-0.3, -0.25) is 5.32 Å². The summed E-state index contributed by atoms with van der Waals surface area (Å²) in [4.78, 5) is 11.5. The number of hydrogen-bond donors (Lipinski definition) is 1. The third kappa shape index (κ3) is 2.19. The van der Waals surface area contributed by atoms with E-state index in [2.05, 4.69) is 5.32 Å². The first-order valence-corrected chi connectivity index (χ1v) is 4.57. The first-order chi connectivity index (χ1) is 6.25. The van der Waals surface area contributed by atoms with E-state index in [0.29, 0.717) is 6.61 Å². The number of carbonyl (C=O) groups is 1. The van der Waals surface area contributed by atoms with Crippen LogP contribution in [0.4, 0.5) is 0 Å². The zero-order chi connectivity index (χ0) is 9.73. The predicted molar refractivity (Wildman–Crippen MR) is 48.5 cm³/mol. The van der Waals surface area contributed by atoms with E-state index in [1.54, 1.807) is 7.11 Å². The molecule has 1 aliphatic heterocycles. The average molecular weight is 187 g/mol. The van der Waals surface area contributed by atoms with E-state index >= 15 is 0 Å². The summed E-state index contributed by atoms with van der Waals surface area (Å²) in [6.45, 7) is 1.25. The van der Waals surface area contributed by atoms with E-state index in [1.807, 2.05) is 0 Å². The molecule has 0 radical (unpaired) electrons. The highest BCUT2D eigenvalue weighted by molar-refractivity contribution is 5.81. The van der Waals surface area contributed by atoms with Gasteiger partial charge in [0.1, 0.15) is 5.54 Å². The number of ether oxygens (including phenoxy) is 2. The molecule has 1 atom stereocenters. The molecule has 1 rings (SSSR count).